The molecule has 1 aromatic carbocycles. The first kappa shape index (κ1) is 13.7. The molecule has 1 saturated heterocycles. The second-order valence-corrected chi connectivity index (χ2v) is 4.90. The van der Waals surface area contributed by atoms with Gasteiger partial charge in [0.15, 0.2) is 5.17 Å². The average molecular weight is 300 g/mol. The number of ether oxygens (including phenoxy) is 1. The van der Waals surface area contributed by atoms with Crippen molar-refractivity contribution < 1.29 is 14.6 Å². The number of halogens is 1. The van der Waals surface area contributed by atoms with Gasteiger partial charge in [-0.05, 0) is 6.07 Å². The van der Waals surface area contributed by atoms with Crippen molar-refractivity contribution in [2.45, 2.75) is 0 Å². The first-order valence-electron chi connectivity index (χ1n) is 5.20. The molecule has 100 valence electrons. The lowest BCUT2D eigenvalue weighted by atomic mass is 10.2. The molecule has 1 fully saturated rings. The van der Waals surface area contributed by atoms with Crippen LogP contribution >= 0.6 is 23.4 Å². The quantitative estimate of drug-likeness (QED) is 0.656. The largest absolute Gasteiger partial charge is 0.507 e. The van der Waals surface area contributed by atoms with Crippen molar-refractivity contribution in [3.05, 3.63) is 22.7 Å². The van der Waals surface area contributed by atoms with Crippen molar-refractivity contribution >= 4 is 40.7 Å². The molecule has 6 nitrogen and oxygen atoms in total. The Bertz CT molecular complexity index is 551. The second-order valence-electron chi connectivity index (χ2n) is 3.53. The number of phenols is 1. The molecular weight excluding hydrogens is 290 g/mol. The second kappa shape index (κ2) is 5.94. The van der Waals surface area contributed by atoms with E-state index in [1.165, 1.54) is 31.2 Å². The van der Waals surface area contributed by atoms with Crippen molar-refractivity contribution in [3.63, 3.8) is 0 Å². The SMILES string of the molecule is COc1cc(O)c(C=NN=C2NC(=O)CS2)c(Cl)c1. The zero-order chi connectivity index (χ0) is 13.8. The third kappa shape index (κ3) is 3.39. The number of rotatable bonds is 3. The van der Waals surface area contributed by atoms with E-state index in [2.05, 4.69) is 15.5 Å². The fourth-order valence-corrected chi connectivity index (χ4v) is 2.23. The number of thioether (sulfide) groups is 1. The lowest BCUT2D eigenvalue weighted by Crippen LogP contribution is -2.19. The molecule has 1 heterocycles. The molecule has 0 saturated carbocycles. The molecule has 1 aliphatic heterocycles. The van der Waals surface area contributed by atoms with Crippen molar-refractivity contribution in [2.75, 3.05) is 12.9 Å². The number of aromatic hydroxyl groups is 1. The van der Waals surface area contributed by atoms with Crippen LogP contribution in [0.5, 0.6) is 11.5 Å². The lowest BCUT2D eigenvalue weighted by Gasteiger charge is -2.05. The fourth-order valence-electron chi connectivity index (χ4n) is 1.34. The van der Waals surface area contributed by atoms with E-state index in [9.17, 15) is 9.90 Å². The monoisotopic (exact) mass is 299 g/mol. The van der Waals surface area contributed by atoms with Crippen LogP contribution in [0.25, 0.3) is 0 Å². The number of hydrogen-bond donors (Lipinski definition) is 2. The summed E-state index contributed by atoms with van der Waals surface area (Å²) in [7, 11) is 1.48. The van der Waals surface area contributed by atoms with E-state index in [0.29, 0.717) is 27.3 Å². The number of amidine groups is 1. The predicted molar refractivity (Wildman–Crippen MR) is 75.3 cm³/mol. The van der Waals surface area contributed by atoms with Crippen LogP contribution in [0.1, 0.15) is 5.56 Å². The summed E-state index contributed by atoms with van der Waals surface area (Å²) in [4.78, 5) is 10.9. The van der Waals surface area contributed by atoms with E-state index in [0.717, 1.165) is 0 Å². The summed E-state index contributed by atoms with van der Waals surface area (Å²) in [6.45, 7) is 0. The molecule has 19 heavy (non-hydrogen) atoms. The van der Waals surface area contributed by atoms with Crippen LogP contribution in [0.15, 0.2) is 22.3 Å². The molecule has 1 aromatic rings. The van der Waals surface area contributed by atoms with Gasteiger partial charge in [-0.1, -0.05) is 23.4 Å². The van der Waals surface area contributed by atoms with Gasteiger partial charge in [-0.2, -0.15) is 5.10 Å². The van der Waals surface area contributed by atoms with E-state index < -0.39 is 0 Å². The maximum atomic E-state index is 10.9. The average Bonchev–Trinajstić information content (AvgIpc) is 2.78. The van der Waals surface area contributed by atoms with Gasteiger partial charge in [0.1, 0.15) is 11.5 Å². The van der Waals surface area contributed by atoms with Gasteiger partial charge in [-0.15, -0.1) is 5.10 Å². The maximum absolute atomic E-state index is 10.9. The number of hydrogen-bond acceptors (Lipinski definition) is 6. The molecule has 0 unspecified atom stereocenters. The topological polar surface area (TPSA) is 83.3 Å². The number of nitrogens with one attached hydrogen (secondary N) is 1. The van der Waals surface area contributed by atoms with Gasteiger partial charge in [0.25, 0.3) is 0 Å². The van der Waals surface area contributed by atoms with Gasteiger partial charge in [-0.25, -0.2) is 0 Å². The zero-order valence-corrected chi connectivity index (χ0v) is 11.5. The molecule has 0 bridgehead atoms. The summed E-state index contributed by atoms with van der Waals surface area (Å²) >= 11 is 7.24. The molecule has 0 aromatic heterocycles. The normalized spacial score (nSPS) is 17.2. The number of carbonyl (C=O) groups is 1. The molecule has 0 radical (unpaired) electrons. The smallest absolute Gasteiger partial charge is 0.236 e. The molecule has 1 aliphatic rings. The predicted octanol–water partition coefficient (Wildman–Crippen LogP) is 1.61. The number of methoxy groups -OCH3 is 1. The molecule has 1 amide bonds. The Hall–Kier alpha value is -1.73. The Labute approximate surface area is 118 Å². The zero-order valence-electron chi connectivity index (χ0n) is 9.88. The number of nitrogens with zero attached hydrogens (tertiary/aromatic N) is 2. The van der Waals surface area contributed by atoms with Crippen LogP contribution in [0.4, 0.5) is 0 Å². The van der Waals surface area contributed by atoms with Crippen molar-refractivity contribution in [1.82, 2.24) is 5.32 Å². The Morgan fingerprint density at radius 1 is 1.58 bits per heavy atom. The van der Waals surface area contributed by atoms with Crippen molar-refractivity contribution in [2.24, 2.45) is 10.2 Å². The summed E-state index contributed by atoms with van der Waals surface area (Å²) in [5.41, 5.74) is 0.334. The molecule has 0 aliphatic carbocycles. The van der Waals surface area contributed by atoms with E-state index in [4.69, 9.17) is 16.3 Å². The maximum Gasteiger partial charge on any atom is 0.236 e. The summed E-state index contributed by atoms with van der Waals surface area (Å²) < 4.78 is 4.96. The summed E-state index contributed by atoms with van der Waals surface area (Å²) in [6, 6.07) is 2.98. The minimum atomic E-state index is -0.107. The Morgan fingerprint density at radius 3 is 2.95 bits per heavy atom. The van der Waals surface area contributed by atoms with Crippen LogP contribution in [0.3, 0.4) is 0 Å². The fraction of sp³-hybridized carbons (Fsp3) is 0.182. The van der Waals surface area contributed by atoms with Crippen molar-refractivity contribution in [1.29, 1.82) is 0 Å². The minimum absolute atomic E-state index is 0.0589. The number of amides is 1. The number of benzene rings is 1. The Morgan fingerprint density at radius 2 is 2.37 bits per heavy atom. The Kier molecular flexibility index (Phi) is 4.28. The highest BCUT2D eigenvalue weighted by molar-refractivity contribution is 8.15. The third-order valence-electron chi connectivity index (χ3n) is 2.24. The molecule has 2 rings (SSSR count). The number of carbonyl (C=O) groups excluding carboxylic acids is 1. The first-order chi connectivity index (χ1) is 9.10. The highest BCUT2D eigenvalue weighted by Gasteiger charge is 2.16. The van der Waals surface area contributed by atoms with Crippen LogP contribution in [0.2, 0.25) is 5.02 Å². The van der Waals surface area contributed by atoms with Gasteiger partial charge in [0.05, 0.1) is 29.7 Å². The van der Waals surface area contributed by atoms with Gasteiger partial charge >= 0.3 is 0 Å². The number of phenolic OH excluding ortho intramolecular Hbond substituents is 1. The van der Waals surface area contributed by atoms with E-state index >= 15 is 0 Å². The molecule has 0 atom stereocenters. The first-order valence-corrected chi connectivity index (χ1v) is 6.56. The van der Waals surface area contributed by atoms with Gasteiger partial charge < -0.3 is 15.2 Å². The van der Waals surface area contributed by atoms with E-state index in [-0.39, 0.29) is 11.7 Å². The van der Waals surface area contributed by atoms with Crippen LogP contribution < -0.4 is 10.1 Å². The molecule has 0 spiro atoms. The molecular formula is C11H10ClN3O3S. The van der Waals surface area contributed by atoms with Crippen LogP contribution in [-0.2, 0) is 4.79 Å². The molecule has 2 N–H and O–H groups in total. The standard InChI is InChI=1S/C11H10ClN3O3S/c1-18-6-2-8(12)7(9(16)3-6)4-13-15-11-14-10(17)5-19-11/h2-4,16H,5H2,1H3,(H,14,15,17). The van der Waals surface area contributed by atoms with Crippen LogP contribution in [-0.4, -0.2) is 35.3 Å². The van der Waals surface area contributed by atoms with Gasteiger partial charge in [0.2, 0.25) is 5.91 Å². The lowest BCUT2D eigenvalue weighted by molar-refractivity contribution is -0.116. The minimum Gasteiger partial charge on any atom is -0.507 e. The van der Waals surface area contributed by atoms with Crippen molar-refractivity contribution in [3.8, 4) is 11.5 Å². The Balaban J connectivity index is 2.17. The molecule has 8 heteroatoms. The summed E-state index contributed by atoms with van der Waals surface area (Å²) in [6.07, 6.45) is 1.31. The van der Waals surface area contributed by atoms with Crippen LogP contribution in [0, 0.1) is 0 Å². The summed E-state index contributed by atoms with van der Waals surface area (Å²) in [5.74, 6) is 0.619. The van der Waals surface area contributed by atoms with E-state index in [1.807, 2.05) is 0 Å². The highest BCUT2D eigenvalue weighted by atomic mass is 35.5. The third-order valence-corrected chi connectivity index (χ3v) is 3.42. The van der Waals surface area contributed by atoms with Gasteiger partial charge in [-0.3, -0.25) is 4.79 Å². The van der Waals surface area contributed by atoms with E-state index in [1.54, 1.807) is 6.07 Å². The van der Waals surface area contributed by atoms with Gasteiger partial charge in [0, 0.05) is 6.07 Å². The summed E-state index contributed by atoms with van der Waals surface area (Å²) in [5, 5.41) is 20.6. The highest BCUT2D eigenvalue weighted by Crippen LogP contribution is 2.29.